The second-order valence-electron chi connectivity index (χ2n) is 5.17. The monoisotopic (exact) mass is 323 g/mol. The molecule has 0 bridgehead atoms. The van der Waals surface area contributed by atoms with Gasteiger partial charge in [0.25, 0.3) is 5.91 Å². The summed E-state index contributed by atoms with van der Waals surface area (Å²) in [7, 11) is 0. The molecule has 0 unspecified atom stereocenters. The number of halogens is 2. The molecule has 2 aromatic rings. The number of rotatable bonds is 3. The van der Waals surface area contributed by atoms with Crippen molar-refractivity contribution in [2.75, 3.05) is 18.4 Å². The SMILES string of the molecule is O=C(c1cc(F)ccc1F)N1CCC(Nc2nccs2)CC1. The fourth-order valence-corrected chi connectivity index (χ4v) is 3.14. The summed E-state index contributed by atoms with van der Waals surface area (Å²) < 4.78 is 26.9. The van der Waals surface area contributed by atoms with Crippen LogP contribution in [0.15, 0.2) is 29.8 Å². The number of amides is 1. The van der Waals surface area contributed by atoms with E-state index in [-0.39, 0.29) is 11.6 Å². The molecule has 4 nitrogen and oxygen atoms in total. The Morgan fingerprint density at radius 3 is 2.77 bits per heavy atom. The van der Waals surface area contributed by atoms with Crippen LogP contribution in [0.4, 0.5) is 13.9 Å². The van der Waals surface area contributed by atoms with Gasteiger partial charge in [0, 0.05) is 30.7 Å². The van der Waals surface area contributed by atoms with Crippen LogP contribution in [-0.2, 0) is 0 Å². The number of aromatic nitrogens is 1. The fourth-order valence-electron chi connectivity index (χ4n) is 2.53. The normalized spacial score (nSPS) is 15.8. The summed E-state index contributed by atoms with van der Waals surface area (Å²) in [6.45, 7) is 1.02. The van der Waals surface area contributed by atoms with Gasteiger partial charge < -0.3 is 10.2 Å². The Morgan fingerprint density at radius 2 is 2.09 bits per heavy atom. The molecule has 0 aliphatic carbocycles. The van der Waals surface area contributed by atoms with E-state index in [9.17, 15) is 13.6 Å². The van der Waals surface area contributed by atoms with E-state index < -0.39 is 17.5 Å². The first kappa shape index (κ1) is 14.9. The predicted octanol–water partition coefficient (Wildman–Crippen LogP) is 3.14. The molecule has 0 radical (unpaired) electrons. The quantitative estimate of drug-likeness (QED) is 0.944. The molecular formula is C15H15F2N3OS. The van der Waals surface area contributed by atoms with Crippen LogP contribution < -0.4 is 5.32 Å². The van der Waals surface area contributed by atoms with Gasteiger partial charge >= 0.3 is 0 Å². The molecule has 116 valence electrons. The third-order valence-electron chi connectivity index (χ3n) is 3.70. The van der Waals surface area contributed by atoms with Gasteiger partial charge in [-0.25, -0.2) is 13.8 Å². The van der Waals surface area contributed by atoms with Crippen molar-refractivity contribution in [3.63, 3.8) is 0 Å². The van der Waals surface area contributed by atoms with E-state index in [1.54, 1.807) is 11.1 Å². The standard InChI is InChI=1S/C15H15F2N3OS/c16-10-1-2-13(17)12(9-10)14(21)20-6-3-11(4-7-20)19-15-18-5-8-22-15/h1-2,5,8-9,11H,3-4,6-7H2,(H,18,19). The van der Waals surface area contributed by atoms with E-state index in [1.165, 1.54) is 11.3 Å². The minimum atomic E-state index is -0.686. The highest BCUT2D eigenvalue weighted by molar-refractivity contribution is 7.13. The van der Waals surface area contributed by atoms with Gasteiger partial charge in [0.05, 0.1) is 5.56 Å². The van der Waals surface area contributed by atoms with Crippen molar-refractivity contribution < 1.29 is 13.6 Å². The molecule has 1 saturated heterocycles. The summed E-state index contributed by atoms with van der Waals surface area (Å²) in [5.41, 5.74) is -0.202. The molecule has 1 aliphatic rings. The van der Waals surface area contributed by atoms with Crippen LogP contribution >= 0.6 is 11.3 Å². The average Bonchev–Trinajstić information content (AvgIpc) is 3.03. The number of nitrogens with one attached hydrogen (secondary N) is 1. The Balaban J connectivity index is 1.61. The summed E-state index contributed by atoms with van der Waals surface area (Å²) >= 11 is 1.53. The highest BCUT2D eigenvalue weighted by atomic mass is 32.1. The molecule has 1 amide bonds. The number of carbonyl (C=O) groups is 1. The zero-order valence-corrected chi connectivity index (χ0v) is 12.6. The predicted molar refractivity (Wildman–Crippen MR) is 81.0 cm³/mol. The third kappa shape index (κ3) is 3.24. The highest BCUT2D eigenvalue weighted by Crippen LogP contribution is 2.20. The number of thiazole rings is 1. The minimum absolute atomic E-state index is 0.202. The van der Waals surface area contributed by atoms with Crippen molar-refractivity contribution in [2.45, 2.75) is 18.9 Å². The molecule has 0 atom stereocenters. The first-order chi connectivity index (χ1) is 10.6. The van der Waals surface area contributed by atoms with Crippen molar-refractivity contribution in [1.29, 1.82) is 0 Å². The van der Waals surface area contributed by atoms with Gasteiger partial charge in [-0.05, 0) is 31.0 Å². The lowest BCUT2D eigenvalue weighted by Gasteiger charge is -2.32. The second kappa shape index (κ2) is 6.39. The molecule has 22 heavy (non-hydrogen) atoms. The first-order valence-electron chi connectivity index (χ1n) is 7.04. The highest BCUT2D eigenvalue weighted by Gasteiger charge is 2.25. The Kier molecular flexibility index (Phi) is 4.33. The van der Waals surface area contributed by atoms with Gasteiger partial charge in [0.1, 0.15) is 11.6 Å². The summed E-state index contributed by atoms with van der Waals surface area (Å²) in [5, 5.41) is 6.07. The number of hydrogen-bond donors (Lipinski definition) is 1. The summed E-state index contributed by atoms with van der Waals surface area (Å²) in [4.78, 5) is 18.0. The minimum Gasteiger partial charge on any atom is -0.359 e. The van der Waals surface area contributed by atoms with Crippen LogP contribution in [0, 0.1) is 11.6 Å². The Labute approximate surface area is 130 Å². The third-order valence-corrected chi connectivity index (χ3v) is 4.41. The topological polar surface area (TPSA) is 45.2 Å². The maximum absolute atomic E-state index is 13.7. The van der Waals surface area contributed by atoms with Gasteiger partial charge in [0.2, 0.25) is 0 Å². The maximum atomic E-state index is 13.7. The summed E-state index contributed by atoms with van der Waals surface area (Å²) in [6, 6.07) is 3.19. The summed E-state index contributed by atoms with van der Waals surface area (Å²) in [5.74, 6) is -1.75. The van der Waals surface area contributed by atoms with Gasteiger partial charge in [-0.1, -0.05) is 0 Å². The lowest BCUT2D eigenvalue weighted by Crippen LogP contribution is -2.42. The molecule has 0 saturated carbocycles. The van der Waals surface area contributed by atoms with E-state index in [2.05, 4.69) is 10.3 Å². The molecule has 1 fully saturated rings. The van der Waals surface area contributed by atoms with Crippen molar-refractivity contribution in [2.24, 2.45) is 0 Å². The van der Waals surface area contributed by atoms with Crippen LogP contribution in [0.25, 0.3) is 0 Å². The Bertz CT molecular complexity index is 655. The molecule has 1 aromatic heterocycles. The van der Waals surface area contributed by atoms with Crippen molar-refractivity contribution >= 4 is 22.4 Å². The smallest absolute Gasteiger partial charge is 0.256 e. The van der Waals surface area contributed by atoms with Crippen LogP contribution in [0.2, 0.25) is 0 Å². The largest absolute Gasteiger partial charge is 0.359 e. The first-order valence-corrected chi connectivity index (χ1v) is 7.92. The fraction of sp³-hybridized carbons (Fsp3) is 0.333. The average molecular weight is 323 g/mol. The number of carbonyl (C=O) groups excluding carboxylic acids is 1. The van der Waals surface area contributed by atoms with Crippen LogP contribution in [0.5, 0.6) is 0 Å². The summed E-state index contributed by atoms with van der Waals surface area (Å²) in [6.07, 6.45) is 3.24. The lowest BCUT2D eigenvalue weighted by molar-refractivity contribution is 0.0713. The molecule has 1 aromatic carbocycles. The number of piperidine rings is 1. The molecule has 1 aliphatic heterocycles. The molecule has 3 rings (SSSR count). The van der Waals surface area contributed by atoms with Gasteiger partial charge in [-0.15, -0.1) is 11.3 Å². The maximum Gasteiger partial charge on any atom is 0.256 e. The lowest BCUT2D eigenvalue weighted by atomic mass is 10.0. The van der Waals surface area contributed by atoms with Gasteiger partial charge in [-0.3, -0.25) is 4.79 Å². The molecule has 2 heterocycles. The molecule has 1 N–H and O–H groups in total. The zero-order valence-electron chi connectivity index (χ0n) is 11.8. The Hall–Kier alpha value is -2.02. The number of nitrogens with zero attached hydrogens (tertiary/aromatic N) is 2. The van der Waals surface area contributed by atoms with Crippen molar-refractivity contribution in [3.8, 4) is 0 Å². The van der Waals surface area contributed by atoms with Crippen LogP contribution in [0.1, 0.15) is 23.2 Å². The molecule has 0 spiro atoms. The van der Waals surface area contributed by atoms with E-state index >= 15 is 0 Å². The van der Waals surface area contributed by atoms with E-state index in [0.717, 1.165) is 36.2 Å². The Morgan fingerprint density at radius 1 is 1.32 bits per heavy atom. The van der Waals surface area contributed by atoms with Crippen molar-refractivity contribution in [1.82, 2.24) is 9.88 Å². The number of hydrogen-bond acceptors (Lipinski definition) is 4. The van der Waals surface area contributed by atoms with Gasteiger partial charge in [-0.2, -0.15) is 0 Å². The number of benzene rings is 1. The van der Waals surface area contributed by atoms with E-state index in [1.807, 2.05) is 5.38 Å². The number of anilines is 1. The second-order valence-corrected chi connectivity index (χ2v) is 6.07. The van der Waals surface area contributed by atoms with Crippen LogP contribution in [-0.4, -0.2) is 34.9 Å². The van der Waals surface area contributed by atoms with E-state index in [0.29, 0.717) is 13.1 Å². The van der Waals surface area contributed by atoms with Crippen LogP contribution in [0.3, 0.4) is 0 Å². The number of likely N-dealkylation sites (tertiary alicyclic amines) is 1. The zero-order chi connectivity index (χ0) is 15.5. The molecular weight excluding hydrogens is 308 g/mol. The van der Waals surface area contributed by atoms with Crippen molar-refractivity contribution in [3.05, 3.63) is 47.0 Å². The van der Waals surface area contributed by atoms with E-state index in [4.69, 9.17) is 0 Å². The van der Waals surface area contributed by atoms with Gasteiger partial charge in [0.15, 0.2) is 5.13 Å². The molecule has 7 heteroatoms.